The van der Waals surface area contributed by atoms with Crippen molar-refractivity contribution in [2.24, 2.45) is 0 Å². The van der Waals surface area contributed by atoms with Crippen molar-refractivity contribution < 1.29 is 4.79 Å². The lowest BCUT2D eigenvalue weighted by molar-refractivity contribution is -0.110. The van der Waals surface area contributed by atoms with Crippen molar-refractivity contribution in [3.63, 3.8) is 0 Å². The minimum absolute atomic E-state index is 0.00639. The summed E-state index contributed by atoms with van der Waals surface area (Å²) in [4.78, 5) is 13.9. The first-order valence-corrected chi connectivity index (χ1v) is 5.63. The number of rotatable bonds is 3. The lowest BCUT2D eigenvalue weighted by Gasteiger charge is -2.15. The van der Waals surface area contributed by atoms with Crippen LogP contribution in [-0.4, -0.2) is 23.9 Å². The highest BCUT2D eigenvalue weighted by molar-refractivity contribution is 6.31. The summed E-state index contributed by atoms with van der Waals surface area (Å²) in [5.41, 5.74) is 2.67. The van der Waals surface area contributed by atoms with Crippen LogP contribution < -0.4 is 5.32 Å². The van der Waals surface area contributed by atoms with Crippen LogP contribution in [0.3, 0.4) is 0 Å². The Morgan fingerprint density at radius 1 is 1.25 bits per heavy atom. The molecule has 1 aromatic rings. The van der Waals surface area contributed by atoms with Gasteiger partial charge in [0.2, 0.25) is 0 Å². The van der Waals surface area contributed by atoms with Crippen LogP contribution in [0, 0.1) is 0 Å². The molecular formula is C13H16N2O. The summed E-state index contributed by atoms with van der Waals surface area (Å²) in [7, 11) is 0. The molecule has 0 unspecified atom stereocenters. The van der Waals surface area contributed by atoms with E-state index in [-0.39, 0.29) is 5.91 Å². The van der Waals surface area contributed by atoms with Gasteiger partial charge in [0, 0.05) is 30.5 Å². The maximum absolute atomic E-state index is 11.8. The second-order valence-electron chi connectivity index (χ2n) is 3.76. The first-order valence-electron chi connectivity index (χ1n) is 5.63. The molecule has 0 atom stereocenters. The van der Waals surface area contributed by atoms with Crippen molar-refractivity contribution >= 4 is 17.2 Å². The lowest BCUT2D eigenvalue weighted by Crippen LogP contribution is -2.17. The van der Waals surface area contributed by atoms with E-state index in [1.807, 2.05) is 30.5 Å². The summed E-state index contributed by atoms with van der Waals surface area (Å²) in [6.07, 6.45) is 1.95. The van der Waals surface area contributed by atoms with Crippen LogP contribution in [0.1, 0.15) is 19.4 Å². The molecule has 1 aliphatic rings. The Labute approximate surface area is 95.8 Å². The highest BCUT2D eigenvalue weighted by Crippen LogP contribution is 2.31. The van der Waals surface area contributed by atoms with Crippen LogP contribution in [0.5, 0.6) is 0 Å². The maximum atomic E-state index is 11.8. The summed E-state index contributed by atoms with van der Waals surface area (Å²) in [5, 5.41) is 2.87. The van der Waals surface area contributed by atoms with Gasteiger partial charge in [0.1, 0.15) is 0 Å². The first kappa shape index (κ1) is 10.7. The molecular weight excluding hydrogens is 200 g/mol. The van der Waals surface area contributed by atoms with Crippen LogP contribution >= 0.6 is 0 Å². The van der Waals surface area contributed by atoms with Crippen molar-refractivity contribution in [3.8, 4) is 0 Å². The van der Waals surface area contributed by atoms with E-state index in [1.165, 1.54) is 0 Å². The van der Waals surface area contributed by atoms with Gasteiger partial charge in [-0.15, -0.1) is 0 Å². The molecule has 16 heavy (non-hydrogen) atoms. The van der Waals surface area contributed by atoms with Gasteiger partial charge in [0.05, 0.1) is 5.57 Å². The molecule has 0 fully saturated rings. The molecule has 0 saturated carbocycles. The Kier molecular flexibility index (Phi) is 2.95. The van der Waals surface area contributed by atoms with Gasteiger partial charge in [-0.05, 0) is 19.9 Å². The van der Waals surface area contributed by atoms with E-state index in [0.717, 1.165) is 29.9 Å². The third-order valence-electron chi connectivity index (χ3n) is 2.83. The van der Waals surface area contributed by atoms with E-state index in [1.54, 1.807) is 0 Å². The van der Waals surface area contributed by atoms with Gasteiger partial charge in [0.25, 0.3) is 5.91 Å². The zero-order valence-corrected chi connectivity index (χ0v) is 9.66. The van der Waals surface area contributed by atoms with Crippen molar-refractivity contribution in [3.05, 3.63) is 36.0 Å². The van der Waals surface area contributed by atoms with Gasteiger partial charge in [-0.25, -0.2) is 0 Å². The molecule has 0 radical (unpaired) electrons. The normalized spacial score (nSPS) is 16.1. The average molecular weight is 216 g/mol. The third-order valence-corrected chi connectivity index (χ3v) is 2.83. The summed E-state index contributed by atoms with van der Waals surface area (Å²) in [6.45, 7) is 5.99. The number of carbonyl (C=O) groups excluding carboxylic acids is 1. The monoisotopic (exact) mass is 216 g/mol. The van der Waals surface area contributed by atoms with Crippen molar-refractivity contribution in [2.75, 3.05) is 18.4 Å². The van der Waals surface area contributed by atoms with E-state index in [2.05, 4.69) is 24.1 Å². The fourth-order valence-electron chi connectivity index (χ4n) is 1.86. The Morgan fingerprint density at radius 3 is 2.62 bits per heavy atom. The summed E-state index contributed by atoms with van der Waals surface area (Å²) in [6, 6.07) is 7.79. The molecule has 1 N–H and O–H groups in total. The molecule has 1 heterocycles. The number of amides is 1. The minimum atomic E-state index is -0.00639. The topological polar surface area (TPSA) is 32.3 Å². The summed E-state index contributed by atoms with van der Waals surface area (Å²) in [5.74, 6) is -0.00639. The minimum Gasteiger partial charge on any atom is -0.377 e. The van der Waals surface area contributed by atoms with Crippen LogP contribution in [0.25, 0.3) is 5.57 Å². The molecule has 0 aromatic heterocycles. The number of para-hydroxylation sites is 1. The molecule has 1 amide bonds. The molecule has 0 saturated heterocycles. The molecule has 1 aliphatic heterocycles. The van der Waals surface area contributed by atoms with Gasteiger partial charge in [0.15, 0.2) is 0 Å². The SMILES string of the molecule is CCN(/C=C1/C(=O)Nc2ccccc21)CC. The second-order valence-corrected chi connectivity index (χ2v) is 3.76. The van der Waals surface area contributed by atoms with Crippen LogP contribution in [0.15, 0.2) is 30.5 Å². The molecule has 3 nitrogen and oxygen atoms in total. The quantitative estimate of drug-likeness (QED) is 0.786. The largest absolute Gasteiger partial charge is 0.377 e. The predicted molar refractivity (Wildman–Crippen MR) is 66.0 cm³/mol. The van der Waals surface area contributed by atoms with Crippen LogP contribution in [-0.2, 0) is 4.79 Å². The number of anilines is 1. The number of nitrogens with zero attached hydrogens (tertiary/aromatic N) is 1. The number of nitrogens with one attached hydrogen (secondary N) is 1. The van der Waals surface area contributed by atoms with Crippen LogP contribution in [0.2, 0.25) is 0 Å². The molecule has 3 heteroatoms. The van der Waals surface area contributed by atoms with E-state index < -0.39 is 0 Å². The highest BCUT2D eigenvalue weighted by Gasteiger charge is 2.23. The zero-order chi connectivity index (χ0) is 11.5. The van der Waals surface area contributed by atoms with E-state index in [4.69, 9.17) is 0 Å². The van der Waals surface area contributed by atoms with E-state index in [0.29, 0.717) is 0 Å². The van der Waals surface area contributed by atoms with Crippen LogP contribution in [0.4, 0.5) is 5.69 Å². The van der Waals surface area contributed by atoms with E-state index >= 15 is 0 Å². The van der Waals surface area contributed by atoms with Gasteiger partial charge in [-0.2, -0.15) is 0 Å². The average Bonchev–Trinajstić information content (AvgIpc) is 2.62. The number of benzene rings is 1. The van der Waals surface area contributed by atoms with Gasteiger partial charge < -0.3 is 10.2 Å². The second kappa shape index (κ2) is 4.39. The van der Waals surface area contributed by atoms with Gasteiger partial charge in [-0.3, -0.25) is 4.79 Å². The Balaban J connectivity index is 2.38. The zero-order valence-electron chi connectivity index (χ0n) is 9.66. The Bertz CT molecular complexity index is 433. The predicted octanol–water partition coefficient (Wildman–Crippen LogP) is 2.32. The Morgan fingerprint density at radius 2 is 1.94 bits per heavy atom. The Hall–Kier alpha value is -1.77. The lowest BCUT2D eigenvalue weighted by atomic mass is 10.1. The molecule has 84 valence electrons. The number of fused-ring (bicyclic) bond motifs is 1. The van der Waals surface area contributed by atoms with Gasteiger partial charge in [-0.1, -0.05) is 18.2 Å². The molecule has 0 aliphatic carbocycles. The molecule has 0 spiro atoms. The van der Waals surface area contributed by atoms with E-state index in [9.17, 15) is 4.79 Å². The summed E-state index contributed by atoms with van der Waals surface area (Å²) >= 11 is 0. The standard InChI is InChI=1S/C13H16N2O/c1-3-15(4-2)9-11-10-7-5-6-8-12(10)14-13(11)16/h5-9H,3-4H2,1-2H3,(H,14,16)/b11-9+. The smallest absolute Gasteiger partial charge is 0.257 e. The third kappa shape index (κ3) is 1.81. The molecule has 1 aromatic carbocycles. The number of hydrogen-bond acceptors (Lipinski definition) is 2. The fraction of sp³-hybridized carbons (Fsp3) is 0.308. The van der Waals surface area contributed by atoms with Gasteiger partial charge >= 0.3 is 0 Å². The first-order chi connectivity index (χ1) is 7.76. The fourth-order valence-corrected chi connectivity index (χ4v) is 1.86. The maximum Gasteiger partial charge on any atom is 0.257 e. The van der Waals surface area contributed by atoms with Crippen molar-refractivity contribution in [2.45, 2.75) is 13.8 Å². The highest BCUT2D eigenvalue weighted by atomic mass is 16.2. The number of hydrogen-bond donors (Lipinski definition) is 1. The summed E-state index contributed by atoms with van der Waals surface area (Å²) < 4.78 is 0. The molecule has 2 rings (SSSR count). The number of carbonyl (C=O) groups is 1. The van der Waals surface area contributed by atoms with Crippen molar-refractivity contribution in [1.29, 1.82) is 0 Å². The van der Waals surface area contributed by atoms with Crippen molar-refractivity contribution in [1.82, 2.24) is 4.90 Å². The molecule has 0 bridgehead atoms.